The molecule has 1 rings (SSSR count). The summed E-state index contributed by atoms with van der Waals surface area (Å²) in [7, 11) is 0. The predicted molar refractivity (Wildman–Crippen MR) is 49.3 cm³/mol. The van der Waals surface area contributed by atoms with Crippen molar-refractivity contribution in [1.82, 2.24) is 0 Å². The van der Waals surface area contributed by atoms with Crippen LogP contribution in [0.1, 0.15) is 5.56 Å². The van der Waals surface area contributed by atoms with E-state index in [1.54, 1.807) is 0 Å². The van der Waals surface area contributed by atoms with Gasteiger partial charge in [-0.3, -0.25) is 4.21 Å². The summed E-state index contributed by atoms with van der Waals surface area (Å²) in [6.45, 7) is 1.43. The third-order valence-electron chi connectivity index (χ3n) is 1.70. The van der Waals surface area contributed by atoms with Gasteiger partial charge in [0.25, 0.3) is 0 Å². The predicted octanol–water partition coefficient (Wildman–Crippen LogP) is 2.03. The molecule has 0 heterocycles. The molecule has 0 N–H and O–H groups in total. The Morgan fingerprint density at radius 2 is 1.93 bits per heavy atom. The Labute approximate surface area is 81.6 Å². The second-order valence-corrected chi connectivity index (χ2v) is 3.41. The first kappa shape index (κ1) is 10.6. The quantitative estimate of drug-likeness (QED) is 0.566. The number of nitroso groups, excluding NO2 is 2. The summed E-state index contributed by atoms with van der Waals surface area (Å²) in [5.41, 5.74) is -0.0218. The SMILES string of the molecule is Cc1c(N=O)cc(N=O)cc1S(=O)[O-]. The van der Waals surface area contributed by atoms with Gasteiger partial charge in [0.2, 0.25) is 0 Å². The molecule has 0 radical (unpaired) electrons. The molecular formula is C7H5N2O4S-. The highest BCUT2D eigenvalue weighted by Crippen LogP contribution is 2.29. The van der Waals surface area contributed by atoms with Gasteiger partial charge in [0.1, 0.15) is 11.4 Å². The van der Waals surface area contributed by atoms with E-state index >= 15 is 0 Å². The van der Waals surface area contributed by atoms with Gasteiger partial charge in [0.15, 0.2) is 0 Å². The molecule has 1 aromatic rings. The third-order valence-corrected chi connectivity index (χ3v) is 2.48. The average molecular weight is 213 g/mol. The van der Waals surface area contributed by atoms with E-state index in [2.05, 4.69) is 10.4 Å². The molecule has 0 aromatic heterocycles. The molecule has 1 atom stereocenters. The number of benzene rings is 1. The van der Waals surface area contributed by atoms with Gasteiger partial charge in [-0.1, -0.05) is 0 Å². The van der Waals surface area contributed by atoms with E-state index in [-0.39, 0.29) is 21.8 Å². The summed E-state index contributed by atoms with van der Waals surface area (Å²) in [4.78, 5) is 20.3. The van der Waals surface area contributed by atoms with Crippen molar-refractivity contribution in [3.05, 3.63) is 27.5 Å². The van der Waals surface area contributed by atoms with Crippen molar-refractivity contribution in [1.29, 1.82) is 0 Å². The van der Waals surface area contributed by atoms with E-state index in [0.29, 0.717) is 0 Å². The Bertz CT molecular complexity index is 418. The highest BCUT2D eigenvalue weighted by molar-refractivity contribution is 7.79. The van der Waals surface area contributed by atoms with Crippen molar-refractivity contribution in [2.75, 3.05) is 0 Å². The van der Waals surface area contributed by atoms with E-state index in [1.165, 1.54) is 6.92 Å². The zero-order valence-corrected chi connectivity index (χ0v) is 7.91. The van der Waals surface area contributed by atoms with Crippen LogP contribution in [0.2, 0.25) is 0 Å². The van der Waals surface area contributed by atoms with Crippen molar-refractivity contribution in [2.45, 2.75) is 11.8 Å². The van der Waals surface area contributed by atoms with Gasteiger partial charge in [-0.15, -0.1) is 9.81 Å². The van der Waals surface area contributed by atoms with E-state index in [0.717, 1.165) is 12.1 Å². The zero-order valence-electron chi connectivity index (χ0n) is 7.09. The zero-order chi connectivity index (χ0) is 10.7. The van der Waals surface area contributed by atoms with Gasteiger partial charge in [0.05, 0.1) is 0 Å². The largest absolute Gasteiger partial charge is 0.768 e. The molecular weight excluding hydrogens is 208 g/mol. The minimum absolute atomic E-state index is 0.0960. The van der Waals surface area contributed by atoms with Crippen LogP contribution >= 0.6 is 0 Å². The van der Waals surface area contributed by atoms with Crippen LogP contribution < -0.4 is 0 Å². The molecule has 0 aliphatic rings. The Kier molecular flexibility index (Phi) is 3.15. The van der Waals surface area contributed by atoms with Crippen LogP contribution in [0.4, 0.5) is 11.4 Å². The van der Waals surface area contributed by atoms with Gasteiger partial charge < -0.3 is 4.55 Å². The Morgan fingerprint density at radius 3 is 2.36 bits per heavy atom. The Morgan fingerprint density at radius 1 is 1.29 bits per heavy atom. The lowest BCUT2D eigenvalue weighted by Crippen LogP contribution is -1.92. The van der Waals surface area contributed by atoms with Crippen LogP contribution in [0.3, 0.4) is 0 Å². The average Bonchev–Trinajstić information content (AvgIpc) is 2.17. The molecule has 0 amide bonds. The van der Waals surface area contributed by atoms with Crippen molar-refractivity contribution in [2.24, 2.45) is 10.4 Å². The number of rotatable bonds is 3. The minimum atomic E-state index is -2.51. The summed E-state index contributed by atoms with van der Waals surface area (Å²) in [6, 6.07) is 2.21. The summed E-state index contributed by atoms with van der Waals surface area (Å²) in [6.07, 6.45) is 0. The maximum Gasteiger partial charge on any atom is 0.114 e. The van der Waals surface area contributed by atoms with Crippen LogP contribution in [0.5, 0.6) is 0 Å². The molecule has 0 aliphatic carbocycles. The molecule has 0 aliphatic heterocycles. The second-order valence-electron chi connectivity index (χ2n) is 2.51. The van der Waals surface area contributed by atoms with Gasteiger partial charge >= 0.3 is 0 Å². The molecule has 1 unspecified atom stereocenters. The van der Waals surface area contributed by atoms with Crippen LogP contribution in [0.15, 0.2) is 27.4 Å². The molecule has 0 bridgehead atoms. The first-order valence-electron chi connectivity index (χ1n) is 3.50. The van der Waals surface area contributed by atoms with E-state index < -0.39 is 11.1 Å². The van der Waals surface area contributed by atoms with Gasteiger partial charge in [0, 0.05) is 4.90 Å². The fraction of sp³-hybridized carbons (Fsp3) is 0.143. The minimum Gasteiger partial charge on any atom is -0.768 e. The van der Waals surface area contributed by atoms with Crippen molar-refractivity contribution in [3.8, 4) is 0 Å². The maximum absolute atomic E-state index is 10.7. The molecule has 14 heavy (non-hydrogen) atoms. The summed E-state index contributed by atoms with van der Waals surface area (Å²) < 4.78 is 21.3. The lowest BCUT2D eigenvalue weighted by molar-refractivity contribution is 0.536. The van der Waals surface area contributed by atoms with Gasteiger partial charge in [-0.05, 0) is 46.1 Å². The lowest BCUT2D eigenvalue weighted by Gasteiger charge is -2.09. The highest BCUT2D eigenvalue weighted by atomic mass is 32.2. The summed E-state index contributed by atoms with van der Waals surface area (Å²) in [5, 5.41) is 5.14. The lowest BCUT2D eigenvalue weighted by atomic mass is 10.2. The molecule has 74 valence electrons. The topological polar surface area (TPSA) is 99.0 Å². The first-order chi connectivity index (χ1) is 6.60. The normalized spacial score (nSPS) is 12.1. The highest BCUT2D eigenvalue weighted by Gasteiger charge is 2.08. The summed E-state index contributed by atoms with van der Waals surface area (Å²) >= 11 is -2.51. The van der Waals surface area contributed by atoms with Crippen LogP contribution in [-0.4, -0.2) is 8.76 Å². The molecule has 6 nitrogen and oxygen atoms in total. The van der Waals surface area contributed by atoms with Gasteiger partial charge in [-0.2, -0.15) is 0 Å². The smallest absolute Gasteiger partial charge is 0.114 e. The molecule has 7 heteroatoms. The van der Waals surface area contributed by atoms with Crippen LogP contribution in [-0.2, 0) is 11.1 Å². The van der Waals surface area contributed by atoms with Crippen molar-refractivity contribution < 1.29 is 8.76 Å². The molecule has 0 saturated heterocycles. The number of hydrogen-bond acceptors (Lipinski definition) is 6. The molecule has 1 aromatic carbocycles. The first-order valence-corrected chi connectivity index (χ1v) is 4.58. The molecule has 0 fully saturated rings. The summed E-state index contributed by atoms with van der Waals surface area (Å²) in [5.74, 6) is 0. The van der Waals surface area contributed by atoms with Crippen molar-refractivity contribution >= 4 is 22.5 Å². The molecule has 0 saturated carbocycles. The van der Waals surface area contributed by atoms with Crippen molar-refractivity contribution in [3.63, 3.8) is 0 Å². The van der Waals surface area contributed by atoms with E-state index in [9.17, 15) is 18.6 Å². The Hall–Kier alpha value is -1.47. The standard InChI is InChI=1S/C7H6N2O4S/c1-4-6(9-11)2-5(8-10)3-7(4)14(12)13/h2-3H,1H3,(H,12,13)/p-1. The number of nitrogens with zero attached hydrogens (tertiary/aromatic N) is 2. The third kappa shape index (κ3) is 1.88. The fourth-order valence-electron chi connectivity index (χ4n) is 0.979. The number of hydrogen-bond donors (Lipinski definition) is 0. The fourth-order valence-corrected chi connectivity index (χ4v) is 1.55. The maximum atomic E-state index is 10.7. The van der Waals surface area contributed by atoms with Crippen LogP contribution in [0.25, 0.3) is 0 Å². The van der Waals surface area contributed by atoms with Crippen LogP contribution in [0, 0.1) is 16.7 Å². The Balaban J connectivity index is 3.49. The second kappa shape index (κ2) is 4.16. The monoisotopic (exact) mass is 213 g/mol. The van der Waals surface area contributed by atoms with E-state index in [1.807, 2.05) is 0 Å². The van der Waals surface area contributed by atoms with Gasteiger partial charge in [-0.25, -0.2) is 0 Å². The van der Waals surface area contributed by atoms with E-state index in [4.69, 9.17) is 0 Å². The molecule has 0 spiro atoms.